The van der Waals surface area contributed by atoms with E-state index in [2.05, 4.69) is 9.88 Å². The summed E-state index contributed by atoms with van der Waals surface area (Å²) in [6, 6.07) is 14.9. The van der Waals surface area contributed by atoms with Gasteiger partial charge in [0.25, 0.3) is 0 Å². The minimum absolute atomic E-state index is 0.00804. The second-order valence-corrected chi connectivity index (χ2v) is 5.81. The van der Waals surface area contributed by atoms with E-state index >= 15 is 0 Å². The van der Waals surface area contributed by atoms with Crippen LogP contribution in [0.3, 0.4) is 0 Å². The molecule has 1 aromatic heterocycles. The van der Waals surface area contributed by atoms with Crippen LogP contribution in [-0.4, -0.2) is 46.9 Å². The lowest BCUT2D eigenvalue weighted by molar-refractivity contribution is -0.134. The van der Waals surface area contributed by atoms with Crippen molar-refractivity contribution < 1.29 is 4.79 Å². The second-order valence-electron chi connectivity index (χ2n) is 5.81. The van der Waals surface area contributed by atoms with Crippen molar-refractivity contribution in [2.45, 2.75) is 12.6 Å². The van der Waals surface area contributed by atoms with Gasteiger partial charge in [-0.1, -0.05) is 36.4 Å². The standard InChI is InChI=1S/C18H22N4O/c19-17(15-6-2-1-3-7-15)18(23)22-12-10-21(11-13-22)14-16-8-4-5-9-20-16/h1-9,17H,10-14,19H2. The predicted octanol–water partition coefficient (Wildman–Crippen LogP) is 1.43. The van der Waals surface area contributed by atoms with Crippen molar-refractivity contribution in [1.82, 2.24) is 14.8 Å². The predicted molar refractivity (Wildman–Crippen MR) is 89.5 cm³/mol. The van der Waals surface area contributed by atoms with Gasteiger partial charge in [0, 0.05) is 38.9 Å². The van der Waals surface area contributed by atoms with Gasteiger partial charge in [-0.05, 0) is 17.7 Å². The molecule has 3 rings (SSSR count). The molecule has 120 valence electrons. The fourth-order valence-electron chi connectivity index (χ4n) is 2.85. The molecule has 23 heavy (non-hydrogen) atoms. The Morgan fingerprint density at radius 3 is 2.39 bits per heavy atom. The first-order valence-corrected chi connectivity index (χ1v) is 7.95. The molecule has 1 amide bonds. The summed E-state index contributed by atoms with van der Waals surface area (Å²) in [5.74, 6) is 0.00804. The molecule has 0 spiro atoms. The summed E-state index contributed by atoms with van der Waals surface area (Å²) < 4.78 is 0. The normalized spacial score (nSPS) is 17.0. The van der Waals surface area contributed by atoms with E-state index in [-0.39, 0.29) is 5.91 Å². The van der Waals surface area contributed by atoms with Crippen molar-refractivity contribution in [1.29, 1.82) is 0 Å². The molecule has 5 heteroatoms. The lowest BCUT2D eigenvalue weighted by atomic mass is 10.1. The molecular formula is C18H22N4O. The molecular weight excluding hydrogens is 288 g/mol. The third-order valence-electron chi connectivity index (χ3n) is 4.22. The van der Waals surface area contributed by atoms with Crippen LogP contribution in [0.5, 0.6) is 0 Å². The molecule has 1 atom stereocenters. The molecule has 0 aliphatic carbocycles. The number of hydrogen-bond donors (Lipinski definition) is 1. The number of benzene rings is 1. The average molecular weight is 310 g/mol. The van der Waals surface area contributed by atoms with Gasteiger partial charge in [-0.15, -0.1) is 0 Å². The topological polar surface area (TPSA) is 62.5 Å². The maximum Gasteiger partial charge on any atom is 0.244 e. The highest BCUT2D eigenvalue weighted by atomic mass is 16.2. The number of nitrogens with two attached hydrogens (primary N) is 1. The Balaban J connectivity index is 1.53. The maximum atomic E-state index is 12.5. The van der Waals surface area contributed by atoms with Gasteiger partial charge in [-0.25, -0.2) is 0 Å². The van der Waals surface area contributed by atoms with Crippen LogP contribution < -0.4 is 5.73 Å². The third-order valence-corrected chi connectivity index (χ3v) is 4.22. The Kier molecular flexibility index (Phi) is 5.00. The first-order chi connectivity index (χ1) is 11.2. The van der Waals surface area contributed by atoms with E-state index in [0.717, 1.165) is 30.9 Å². The molecule has 1 aliphatic heterocycles. The van der Waals surface area contributed by atoms with Crippen LogP contribution in [0.15, 0.2) is 54.7 Å². The number of carbonyl (C=O) groups excluding carboxylic acids is 1. The molecule has 1 aromatic carbocycles. The van der Waals surface area contributed by atoms with E-state index in [1.807, 2.05) is 59.6 Å². The molecule has 1 aliphatic rings. The first-order valence-electron chi connectivity index (χ1n) is 7.95. The Bertz CT molecular complexity index is 624. The van der Waals surface area contributed by atoms with Crippen molar-refractivity contribution in [2.75, 3.05) is 26.2 Å². The quantitative estimate of drug-likeness (QED) is 0.928. The first kappa shape index (κ1) is 15.6. The zero-order valence-corrected chi connectivity index (χ0v) is 13.1. The molecule has 1 fully saturated rings. The van der Waals surface area contributed by atoms with Crippen molar-refractivity contribution in [3.63, 3.8) is 0 Å². The molecule has 0 radical (unpaired) electrons. The monoisotopic (exact) mass is 310 g/mol. The van der Waals surface area contributed by atoms with Crippen LogP contribution in [0.1, 0.15) is 17.3 Å². The van der Waals surface area contributed by atoms with Gasteiger partial charge in [-0.3, -0.25) is 14.7 Å². The van der Waals surface area contributed by atoms with E-state index in [0.29, 0.717) is 13.1 Å². The maximum absolute atomic E-state index is 12.5. The molecule has 0 bridgehead atoms. The summed E-state index contributed by atoms with van der Waals surface area (Å²) in [6.45, 7) is 3.96. The van der Waals surface area contributed by atoms with Crippen LogP contribution in [0, 0.1) is 0 Å². The molecule has 2 heterocycles. The molecule has 0 saturated carbocycles. The van der Waals surface area contributed by atoms with Gasteiger partial charge < -0.3 is 10.6 Å². The van der Waals surface area contributed by atoms with Gasteiger partial charge >= 0.3 is 0 Å². The van der Waals surface area contributed by atoms with E-state index < -0.39 is 6.04 Å². The zero-order chi connectivity index (χ0) is 16.1. The number of rotatable bonds is 4. The number of carbonyl (C=O) groups is 1. The highest BCUT2D eigenvalue weighted by molar-refractivity contribution is 5.83. The fraction of sp³-hybridized carbons (Fsp3) is 0.333. The molecule has 2 aromatic rings. The second kappa shape index (κ2) is 7.35. The number of piperazine rings is 1. The summed E-state index contributed by atoms with van der Waals surface area (Å²) in [4.78, 5) is 21.1. The molecule has 5 nitrogen and oxygen atoms in total. The minimum Gasteiger partial charge on any atom is -0.338 e. The lowest BCUT2D eigenvalue weighted by Gasteiger charge is -2.35. The fourth-order valence-corrected chi connectivity index (χ4v) is 2.85. The lowest BCUT2D eigenvalue weighted by Crippen LogP contribution is -2.50. The van der Waals surface area contributed by atoms with Gasteiger partial charge in [0.2, 0.25) is 5.91 Å². The van der Waals surface area contributed by atoms with E-state index in [1.54, 1.807) is 0 Å². The van der Waals surface area contributed by atoms with Gasteiger partial charge in [0.1, 0.15) is 6.04 Å². The van der Waals surface area contributed by atoms with Crippen molar-refractivity contribution in [3.05, 3.63) is 66.0 Å². The molecule has 2 N–H and O–H groups in total. The number of nitrogens with zero attached hydrogens (tertiary/aromatic N) is 3. The zero-order valence-electron chi connectivity index (χ0n) is 13.1. The van der Waals surface area contributed by atoms with Crippen LogP contribution in [0.25, 0.3) is 0 Å². The number of hydrogen-bond acceptors (Lipinski definition) is 4. The summed E-state index contributed by atoms with van der Waals surface area (Å²) in [5, 5.41) is 0. The number of pyridine rings is 1. The van der Waals surface area contributed by atoms with Gasteiger partial charge in [-0.2, -0.15) is 0 Å². The highest BCUT2D eigenvalue weighted by Gasteiger charge is 2.26. The Morgan fingerprint density at radius 1 is 1.04 bits per heavy atom. The Morgan fingerprint density at radius 2 is 1.74 bits per heavy atom. The largest absolute Gasteiger partial charge is 0.338 e. The smallest absolute Gasteiger partial charge is 0.244 e. The van der Waals surface area contributed by atoms with Crippen LogP contribution in [-0.2, 0) is 11.3 Å². The Hall–Kier alpha value is -2.24. The van der Waals surface area contributed by atoms with Crippen LogP contribution in [0.2, 0.25) is 0 Å². The van der Waals surface area contributed by atoms with Crippen LogP contribution in [0.4, 0.5) is 0 Å². The average Bonchev–Trinajstić information content (AvgIpc) is 2.63. The van der Waals surface area contributed by atoms with Crippen LogP contribution >= 0.6 is 0 Å². The third kappa shape index (κ3) is 3.94. The summed E-state index contributed by atoms with van der Waals surface area (Å²) in [6.07, 6.45) is 1.81. The molecule has 1 unspecified atom stereocenters. The number of amides is 1. The highest BCUT2D eigenvalue weighted by Crippen LogP contribution is 2.15. The minimum atomic E-state index is -0.571. The SMILES string of the molecule is NC(C(=O)N1CCN(Cc2ccccn2)CC1)c1ccccc1. The van der Waals surface area contributed by atoms with E-state index in [1.165, 1.54) is 0 Å². The van der Waals surface area contributed by atoms with Gasteiger partial charge in [0.15, 0.2) is 0 Å². The van der Waals surface area contributed by atoms with Crippen molar-refractivity contribution in [2.24, 2.45) is 5.73 Å². The van der Waals surface area contributed by atoms with E-state index in [9.17, 15) is 4.79 Å². The summed E-state index contributed by atoms with van der Waals surface area (Å²) in [7, 11) is 0. The van der Waals surface area contributed by atoms with Crippen molar-refractivity contribution >= 4 is 5.91 Å². The van der Waals surface area contributed by atoms with E-state index in [4.69, 9.17) is 5.73 Å². The van der Waals surface area contributed by atoms with Gasteiger partial charge in [0.05, 0.1) is 5.69 Å². The Labute approximate surface area is 136 Å². The number of aromatic nitrogens is 1. The van der Waals surface area contributed by atoms with Crippen molar-refractivity contribution in [3.8, 4) is 0 Å². The summed E-state index contributed by atoms with van der Waals surface area (Å²) >= 11 is 0. The molecule has 1 saturated heterocycles. The summed E-state index contributed by atoms with van der Waals surface area (Å²) in [5.41, 5.74) is 8.04.